The Morgan fingerprint density at radius 2 is 1.93 bits per heavy atom. The number of nitrogen functional groups attached to an aromatic ring is 1. The van der Waals surface area contributed by atoms with Gasteiger partial charge in [0.05, 0.1) is 12.8 Å². The van der Waals surface area contributed by atoms with Crippen LogP contribution in [0.2, 0.25) is 0 Å². The Morgan fingerprint density at radius 1 is 1.18 bits per heavy atom. The van der Waals surface area contributed by atoms with Crippen molar-refractivity contribution in [1.82, 2.24) is 9.88 Å². The number of phenols is 1. The lowest BCUT2D eigenvalue weighted by Crippen LogP contribution is -2.43. The molecule has 1 aliphatic heterocycles. The maximum absolute atomic E-state index is 10.0. The predicted molar refractivity (Wildman–Crippen MR) is 113 cm³/mol. The number of benzene rings is 2. The molecule has 3 N–H and O–H groups in total. The van der Waals surface area contributed by atoms with Gasteiger partial charge in [0, 0.05) is 17.3 Å². The van der Waals surface area contributed by atoms with Crippen molar-refractivity contribution in [2.45, 2.75) is 24.8 Å². The van der Waals surface area contributed by atoms with Gasteiger partial charge in [-0.15, -0.1) is 11.3 Å². The Labute approximate surface area is 169 Å². The molecule has 0 saturated carbocycles. The topological polar surface area (TPSA) is 71.6 Å². The van der Waals surface area contributed by atoms with Gasteiger partial charge in [-0.3, -0.25) is 4.90 Å². The summed E-state index contributed by atoms with van der Waals surface area (Å²) in [4.78, 5) is 7.08. The summed E-state index contributed by atoms with van der Waals surface area (Å²) >= 11 is 1.51. The molecule has 1 aliphatic rings. The number of anilines is 1. The predicted octanol–water partition coefficient (Wildman–Crippen LogP) is 4.02. The fourth-order valence-corrected chi connectivity index (χ4v) is 4.80. The molecule has 0 spiro atoms. The number of piperidine rings is 1. The maximum atomic E-state index is 10.0. The Kier molecular flexibility index (Phi) is 5.24. The molecule has 0 amide bonds. The number of nitrogens with two attached hydrogens (primary N) is 1. The van der Waals surface area contributed by atoms with E-state index in [1.54, 1.807) is 13.2 Å². The Hall–Kier alpha value is -2.57. The van der Waals surface area contributed by atoms with Crippen LogP contribution in [0, 0.1) is 0 Å². The molecule has 0 bridgehead atoms. The molecular formula is C22H25N3O2S. The zero-order valence-corrected chi connectivity index (χ0v) is 16.8. The molecule has 1 saturated heterocycles. The van der Waals surface area contributed by atoms with Crippen molar-refractivity contribution in [1.29, 1.82) is 0 Å². The number of hydrogen-bond acceptors (Lipinski definition) is 6. The van der Waals surface area contributed by atoms with Crippen molar-refractivity contribution in [3.63, 3.8) is 0 Å². The molecule has 2 heterocycles. The summed E-state index contributed by atoms with van der Waals surface area (Å²) in [6.07, 6.45) is 1.98. The van der Waals surface area contributed by atoms with E-state index in [1.165, 1.54) is 16.9 Å². The Bertz CT molecular complexity index is 934. The summed E-state index contributed by atoms with van der Waals surface area (Å²) in [5.74, 6) is 0.695. The van der Waals surface area contributed by atoms with Crippen molar-refractivity contribution in [2.75, 3.05) is 25.9 Å². The van der Waals surface area contributed by atoms with E-state index in [2.05, 4.69) is 45.6 Å². The minimum Gasteiger partial charge on any atom is -0.504 e. The zero-order chi connectivity index (χ0) is 19.6. The van der Waals surface area contributed by atoms with E-state index in [1.807, 2.05) is 12.1 Å². The first kappa shape index (κ1) is 18.8. The number of methoxy groups -OCH3 is 1. The molecule has 0 aliphatic carbocycles. The number of thiazole rings is 1. The molecule has 3 aromatic rings. The summed E-state index contributed by atoms with van der Waals surface area (Å²) in [6.45, 7) is 2.72. The monoisotopic (exact) mass is 395 g/mol. The Morgan fingerprint density at radius 3 is 2.54 bits per heavy atom. The van der Waals surface area contributed by atoms with Gasteiger partial charge in [0.1, 0.15) is 0 Å². The molecule has 0 atom stereocenters. The van der Waals surface area contributed by atoms with Gasteiger partial charge in [-0.1, -0.05) is 36.4 Å². The highest BCUT2D eigenvalue weighted by Crippen LogP contribution is 2.42. The van der Waals surface area contributed by atoms with Gasteiger partial charge in [0.2, 0.25) is 0 Å². The normalized spacial score (nSPS) is 16.8. The van der Waals surface area contributed by atoms with Crippen LogP contribution in [0.1, 0.15) is 29.7 Å². The Balaban J connectivity index is 1.53. The van der Waals surface area contributed by atoms with E-state index in [0.717, 1.165) is 43.7 Å². The number of hydrogen-bond donors (Lipinski definition) is 2. The van der Waals surface area contributed by atoms with Gasteiger partial charge < -0.3 is 15.6 Å². The van der Waals surface area contributed by atoms with Crippen molar-refractivity contribution < 1.29 is 9.84 Å². The third-order valence-electron chi connectivity index (χ3n) is 5.70. The van der Waals surface area contributed by atoms with Gasteiger partial charge in [-0.05, 0) is 49.2 Å². The number of likely N-dealkylation sites (tertiary alicyclic amines) is 1. The molecule has 6 heteroatoms. The van der Waals surface area contributed by atoms with Crippen LogP contribution in [0.3, 0.4) is 0 Å². The number of phenolic OH excluding ortho intramolecular Hbond substituents is 1. The maximum Gasteiger partial charge on any atom is 0.180 e. The molecule has 146 valence electrons. The standard InChI is InChI=1S/C22H25N3O2S/c1-27-19-8-7-16(13-18(19)26)14-25-11-9-22(10-12-25,17-5-3-2-4-6-17)20-15-28-21(23)24-20/h2-8,13,15,26H,9-12,14H2,1H3,(H2,23,24). The second-order valence-corrected chi connectivity index (χ2v) is 8.19. The van der Waals surface area contributed by atoms with E-state index in [-0.39, 0.29) is 11.2 Å². The van der Waals surface area contributed by atoms with E-state index in [0.29, 0.717) is 10.9 Å². The number of nitrogens with zero attached hydrogens (tertiary/aromatic N) is 2. The molecule has 0 radical (unpaired) electrons. The van der Waals surface area contributed by atoms with E-state index >= 15 is 0 Å². The minimum atomic E-state index is -0.0894. The van der Waals surface area contributed by atoms with Crippen LogP contribution in [0.25, 0.3) is 0 Å². The van der Waals surface area contributed by atoms with Crippen LogP contribution in [0.4, 0.5) is 5.13 Å². The van der Waals surface area contributed by atoms with Gasteiger partial charge >= 0.3 is 0 Å². The lowest BCUT2D eigenvalue weighted by atomic mass is 9.70. The van der Waals surface area contributed by atoms with Crippen molar-refractivity contribution in [2.24, 2.45) is 0 Å². The lowest BCUT2D eigenvalue weighted by Gasteiger charge is -2.41. The van der Waals surface area contributed by atoms with Crippen molar-refractivity contribution in [3.05, 3.63) is 70.7 Å². The SMILES string of the molecule is COc1ccc(CN2CCC(c3ccccc3)(c3csc(N)n3)CC2)cc1O. The largest absolute Gasteiger partial charge is 0.504 e. The highest BCUT2D eigenvalue weighted by molar-refractivity contribution is 7.13. The summed E-state index contributed by atoms with van der Waals surface area (Å²) < 4.78 is 5.14. The van der Waals surface area contributed by atoms with Gasteiger partial charge in [0.25, 0.3) is 0 Å². The summed E-state index contributed by atoms with van der Waals surface area (Å²) in [5.41, 5.74) is 9.34. The van der Waals surface area contributed by atoms with Crippen LogP contribution in [-0.4, -0.2) is 35.2 Å². The summed E-state index contributed by atoms with van der Waals surface area (Å²) in [7, 11) is 1.56. The summed E-state index contributed by atoms with van der Waals surface area (Å²) in [6, 6.07) is 16.3. The van der Waals surface area contributed by atoms with Crippen molar-refractivity contribution >= 4 is 16.5 Å². The van der Waals surface area contributed by atoms with E-state index in [9.17, 15) is 5.11 Å². The molecular weight excluding hydrogens is 370 g/mol. The van der Waals surface area contributed by atoms with E-state index in [4.69, 9.17) is 10.5 Å². The van der Waals surface area contributed by atoms with E-state index < -0.39 is 0 Å². The quantitative estimate of drug-likeness (QED) is 0.683. The zero-order valence-electron chi connectivity index (χ0n) is 16.0. The lowest BCUT2D eigenvalue weighted by molar-refractivity contribution is 0.170. The fraction of sp³-hybridized carbons (Fsp3) is 0.318. The molecule has 28 heavy (non-hydrogen) atoms. The van der Waals surface area contributed by atoms with Gasteiger partial charge in [-0.25, -0.2) is 4.98 Å². The average Bonchev–Trinajstić information content (AvgIpc) is 3.16. The molecule has 4 rings (SSSR count). The molecule has 5 nitrogen and oxygen atoms in total. The van der Waals surface area contributed by atoms with Gasteiger partial charge in [0.15, 0.2) is 16.6 Å². The molecule has 0 unspecified atom stereocenters. The van der Waals surface area contributed by atoms with Crippen LogP contribution < -0.4 is 10.5 Å². The third-order valence-corrected chi connectivity index (χ3v) is 6.37. The van der Waals surface area contributed by atoms with Gasteiger partial charge in [-0.2, -0.15) is 0 Å². The van der Waals surface area contributed by atoms with Crippen LogP contribution in [-0.2, 0) is 12.0 Å². The first-order valence-corrected chi connectivity index (χ1v) is 10.3. The minimum absolute atomic E-state index is 0.0894. The number of aromatic nitrogens is 1. The summed E-state index contributed by atoms with van der Waals surface area (Å²) in [5, 5.41) is 12.8. The number of aromatic hydroxyl groups is 1. The average molecular weight is 396 g/mol. The highest BCUT2D eigenvalue weighted by atomic mass is 32.1. The molecule has 1 aromatic heterocycles. The third kappa shape index (κ3) is 3.57. The fourth-order valence-electron chi connectivity index (χ4n) is 4.14. The smallest absolute Gasteiger partial charge is 0.180 e. The van der Waals surface area contributed by atoms with Crippen molar-refractivity contribution in [3.8, 4) is 11.5 Å². The first-order chi connectivity index (χ1) is 13.6. The van der Waals surface area contributed by atoms with Crippen LogP contribution >= 0.6 is 11.3 Å². The van der Waals surface area contributed by atoms with Crippen LogP contribution in [0.15, 0.2) is 53.9 Å². The first-order valence-electron chi connectivity index (χ1n) is 9.46. The highest BCUT2D eigenvalue weighted by Gasteiger charge is 2.39. The van der Waals surface area contributed by atoms with Crippen LogP contribution in [0.5, 0.6) is 11.5 Å². The molecule has 1 fully saturated rings. The number of rotatable bonds is 5. The molecule has 2 aromatic carbocycles. The second-order valence-electron chi connectivity index (χ2n) is 7.30. The second kappa shape index (κ2) is 7.81. The number of ether oxygens (including phenoxy) is 1.